The number of aliphatic hydroxyl groups is 1. The molecule has 3 fully saturated rings. The van der Waals surface area contributed by atoms with E-state index < -0.39 is 34.6 Å². The Morgan fingerprint density at radius 1 is 1.09 bits per heavy atom. The van der Waals surface area contributed by atoms with E-state index in [1.54, 1.807) is 22.0 Å². The van der Waals surface area contributed by atoms with Crippen molar-refractivity contribution in [3.05, 3.63) is 55.6 Å². The van der Waals surface area contributed by atoms with E-state index in [0.29, 0.717) is 19.4 Å². The lowest BCUT2D eigenvalue weighted by Crippen LogP contribution is -2.61. The maximum atomic E-state index is 14.9. The van der Waals surface area contributed by atoms with Crippen molar-refractivity contribution in [1.29, 1.82) is 0 Å². The second-order valence-corrected chi connectivity index (χ2v) is 14.7. The minimum atomic E-state index is -1.16. The number of ether oxygens (including phenoxy) is 1. The van der Waals surface area contributed by atoms with E-state index in [1.165, 1.54) is 0 Å². The molecular formula is C35H51N3O5. The lowest BCUT2D eigenvalue weighted by molar-refractivity contribution is -0.156. The first-order valence-corrected chi connectivity index (χ1v) is 15.6. The van der Waals surface area contributed by atoms with Gasteiger partial charge in [-0.1, -0.05) is 58.0 Å². The fourth-order valence-corrected chi connectivity index (χ4v) is 8.41. The molecule has 1 aromatic rings. The number of nitrogens with zero attached hydrogens (tertiary/aromatic N) is 3. The van der Waals surface area contributed by atoms with Crippen LogP contribution < -0.4 is 4.90 Å². The van der Waals surface area contributed by atoms with Crippen LogP contribution in [0.3, 0.4) is 0 Å². The lowest BCUT2D eigenvalue weighted by Gasteiger charge is -2.45. The number of para-hydroxylation sites is 1. The molecule has 0 aliphatic carbocycles. The predicted octanol–water partition coefficient (Wildman–Crippen LogP) is 4.83. The Balaban J connectivity index is 1.84. The molecule has 3 aliphatic heterocycles. The van der Waals surface area contributed by atoms with Gasteiger partial charge >= 0.3 is 0 Å². The van der Waals surface area contributed by atoms with Gasteiger partial charge < -0.3 is 24.5 Å². The number of benzene rings is 1. The quantitative estimate of drug-likeness (QED) is 0.351. The van der Waals surface area contributed by atoms with E-state index in [4.69, 9.17) is 4.74 Å². The zero-order valence-corrected chi connectivity index (χ0v) is 27.1. The van der Waals surface area contributed by atoms with Crippen LogP contribution >= 0.6 is 0 Å². The first-order valence-electron chi connectivity index (χ1n) is 15.6. The van der Waals surface area contributed by atoms with E-state index in [9.17, 15) is 19.5 Å². The molecule has 3 saturated heterocycles. The number of aliphatic hydroxyl groups excluding tert-OH is 1. The van der Waals surface area contributed by atoms with Crippen LogP contribution in [0.5, 0.6) is 0 Å². The summed E-state index contributed by atoms with van der Waals surface area (Å²) >= 11 is 0. The number of hydrogen-bond acceptors (Lipinski definition) is 5. The van der Waals surface area contributed by atoms with Gasteiger partial charge in [0.1, 0.15) is 11.6 Å². The van der Waals surface area contributed by atoms with Gasteiger partial charge in [0.2, 0.25) is 17.7 Å². The van der Waals surface area contributed by atoms with Crippen LogP contribution in [0.4, 0.5) is 5.69 Å². The van der Waals surface area contributed by atoms with Gasteiger partial charge in [0.15, 0.2) is 0 Å². The smallest absolute Gasteiger partial charge is 0.249 e. The number of hydrogen-bond donors (Lipinski definition) is 1. The molecular weight excluding hydrogens is 542 g/mol. The Kier molecular flexibility index (Phi) is 9.07. The molecule has 2 bridgehead atoms. The summed E-state index contributed by atoms with van der Waals surface area (Å²) in [7, 11) is 0. The summed E-state index contributed by atoms with van der Waals surface area (Å²) < 4.78 is 6.97. The Labute approximate surface area is 257 Å². The van der Waals surface area contributed by atoms with Gasteiger partial charge in [-0.25, -0.2) is 0 Å². The number of anilines is 1. The van der Waals surface area contributed by atoms with Crippen molar-refractivity contribution in [1.82, 2.24) is 9.80 Å². The average Bonchev–Trinajstić information content (AvgIpc) is 3.43. The number of carbonyl (C=O) groups is 3. The Bertz CT molecular complexity index is 1240. The molecule has 3 amide bonds. The second-order valence-electron chi connectivity index (χ2n) is 14.7. The SMILES string of the molecule is C=CCN(C(=O)[C@H]1[C@H]2C(=O)N(CCCO)C(C(=O)N(CC=C)C(C)(C)CC(C)(C)C)C23CC(C)[C@]1(C)O3)c1ccccc1. The van der Waals surface area contributed by atoms with Crippen molar-refractivity contribution < 1.29 is 24.2 Å². The largest absolute Gasteiger partial charge is 0.396 e. The Morgan fingerprint density at radius 2 is 1.72 bits per heavy atom. The van der Waals surface area contributed by atoms with Crippen LogP contribution in [0.1, 0.15) is 67.7 Å². The highest BCUT2D eigenvalue weighted by Gasteiger charge is 2.80. The molecule has 8 heteroatoms. The Morgan fingerprint density at radius 3 is 2.28 bits per heavy atom. The summed E-state index contributed by atoms with van der Waals surface area (Å²) in [6, 6.07) is 8.48. The van der Waals surface area contributed by atoms with Crippen LogP contribution in [0.15, 0.2) is 55.6 Å². The normalized spacial score (nSPS) is 29.9. The second kappa shape index (κ2) is 11.8. The first-order chi connectivity index (χ1) is 20.1. The van der Waals surface area contributed by atoms with Crippen molar-refractivity contribution in [2.45, 2.75) is 90.5 Å². The summed E-state index contributed by atoms with van der Waals surface area (Å²) in [5.41, 5.74) is -1.97. The third kappa shape index (κ3) is 5.57. The third-order valence-electron chi connectivity index (χ3n) is 9.79. The summed E-state index contributed by atoms with van der Waals surface area (Å²) in [4.78, 5) is 49.1. The number of fused-ring (bicyclic) bond motifs is 1. The summed E-state index contributed by atoms with van der Waals surface area (Å²) in [6.45, 7) is 23.0. The van der Waals surface area contributed by atoms with Crippen molar-refractivity contribution in [2.24, 2.45) is 23.2 Å². The molecule has 43 heavy (non-hydrogen) atoms. The molecule has 3 heterocycles. The van der Waals surface area contributed by atoms with E-state index >= 15 is 0 Å². The number of amides is 3. The molecule has 1 N–H and O–H groups in total. The molecule has 1 spiro atoms. The zero-order chi connectivity index (χ0) is 32.0. The summed E-state index contributed by atoms with van der Waals surface area (Å²) in [6.07, 6.45) is 4.95. The molecule has 3 unspecified atom stereocenters. The standard InChI is InChI=1S/C35H51N3O5/c1-10-18-36(25-16-13-12-14-17-25)29(40)26-27-30(41)37(20-15-21-39)28(35(27)22-24(3)34(26,9)43-35)31(42)38(19-11-2)33(7,8)23-32(4,5)6/h10-14,16-17,24,26-28,39H,1-2,15,18-23H2,3-9H3/t24?,26-,27+,28?,34+,35?/m1/s1. The van der Waals surface area contributed by atoms with Crippen molar-refractivity contribution in [3.63, 3.8) is 0 Å². The van der Waals surface area contributed by atoms with E-state index in [-0.39, 0.29) is 48.8 Å². The number of likely N-dealkylation sites (tertiary alicyclic amines) is 1. The van der Waals surface area contributed by atoms with Gasteiger partial charge in [0, 0.05) is 37.5 Å². The highest BCUT2D eigenvalue weighted by molar-refractivity contribution is 6.03. The van der Waals surface area contributed by atoms with Gasteiger partial charge in [-0.15, -0.1) is 13.2 Å². The van der Waals surface area contributed by atoms with Crippen LogP contribution in [0, 0.1) is 23.2 Å². The maximum absolute atomic E-state index is 14.9. The van der Waals surface area contributed by atoms with E-state index in [0.717, 1.165) is 12.1 Å². The molecule has 3 aliphatic rings. The highest BCUT2D eigenvalue weighted by atomic mass is 16.5. The lowest BCUT2D eigenvalue weighted by atomic mass is 9.62. The molecule has 8 nitrogen and oxygen atoms in total. The Hall–Kier alpha value is -2.97. The molecule has 4 rings (SSSR count). The first kappa shape index (κ1) is 32.9. The highest BCUT2D eigenvalue weighted by Crippen LogP contribution is 2.65. The molecule has 0 aromatic heterocycles. The van der Waals surface area contributed by atoms with E-state index in [2.05, 4.69) is 54.7 Å². The minimum Gasteiger partial charge on any atom is -0.396 e. The van der Waals surface area contributed by atoms with Crippen LogP contribution in [-0.4, -0.2) is 81.7 Å². The van der Waals surface area contributed by atoms with Gasteiger partial charge in [0.05, 0.1) is 17.4 Å². The fourth-order valence-electron chi connectivity index (χ4n) is 8.41. The zero-order valence-electron chi connectivity index (χ0n) is 27.1. The molecule has 6 atom stereocenters. The number of carbonyl (C=O) groups excluding carboxylic acids is 3. The van der Waals surface area contributed by atoms with Crippen LogP contribution in [-0.2, 0) is 19.1 Å². The minimum absolute atomic E-state index is 0.0556. The van der Waals surface area contributed by atoms with Crippen molar-refractivity contribution >= 4 is 23.4 Å². The molecule has 1 aromatic carbocycles. The third-order valence-corrected chi connectivity index (χ3v) is 9.79. The van der Waals surface area contributed by atoms with Crippen LogP contribution in [0.25, 0.3) is 0 Å². The van der Waals surface area contributed by atoms with Crippen LogP contribution in [0.2, 0.25) is 0 Å². The average molecular weight is 594 g/mol. The van der Waals surface area contributed by atoms with E-state index in [1.807, 2.05) is 42.2 Å². The van der Waals surface area contributed by atoms with Crippen molar-refractivity contribution in [3.8, 4) is 0 Å². The summed E-state index contributed by atoms with van der Waals surface area (Å²) in [5.74, 6) is -2.32. The fraction of sp³-hybridized carbons (Fsp3) is 0.629. The van der Waals surface area contributed by atoms with Gasteiger partial charge in [0.25, 0.3) is 0 Å². The maximum Gasteiger partial charge on any atom is 0.249 e. The molecule has 236 valence electrons. The molecule has 0 radical (unpaired) electrons. The monoisotopic (exact) mass is 593 g/mol. The number of rotatable bonds is 12. The van der Waals surface area contributed by atoms with Gasteiger partial charge in [-0.05, 0) is 63.5 Å². The van der Waals surface area contributed by atoms with Crippen molar-refractivity contribution in [2.75, 3.05) is 31.1 Å². The summed E-state index contributed by atoms with van der Waals surface area (Å²) in [5, 5.41) is 9.75. The van der Waals surface area contributed by atoms with Gasteiger partial charge in [-0.3, -0.25) is 14.4 Å². The molecule has 0 saturated carbocycles. The topological polar surface area (TPSA) is 90.4 Å². The predicted molar refractivity (Wildman–Crippen MR) is 169 cm³/mol. The van der Waals surface area contributed by atoms with Gasteiger partial charge in [-0.2, -0.15) is 0 Å².